The number of aliphatic carboxylic acids is 1. The first kappa shape index (κ1) is 13.2. The van der Waals surface area contributed by atoms with Gasteiger partial charge in [-0.25, -0.2) is 0 Å². The van der Waals surface area contributed by atoms with Gasteiger partial charge in [0, 0.05) is 16.6 Å². The maximum absolute atomic E-state index is 10.9. The van der Waals surface area contributed by atoms with Crippen molar-refractivity contribution in [3.05, 3.63) is 32.9 Å². The van der Waals surface area contributed by atoms with Crippen LogP contribution >= 0.6 is 23.2 Å². The Kier molecular flexibility index (Phi) is 3.55. The van der Waals surface area contributed by atoms with Gasteiger partial charge in [0.05, 0.1) is 16.5 Å². The largest absolute Gasteiger partial charge is 0.481 e. The number of aryl methyl sites for hydroxylation is 2. The van der Waals surface area contributed by atoms with Crippen LogP contribution in [0.5, 0.6) is 0 Å². The number of aromatic nitrogens is 1. The summed E-state index contributed by atoms with van der Waals surface area (Å²) in [6.45, 7) is 3.84. The van der Waals surface area contributed by atoms with Crippen molar-refractivity contribution in [1.29, 1.82) is 0 Å². The van der Waals surface area contributed by atoms with Crippen LogP contribution in [0.1, 0.15) is 23.7 Å². The Balaban J connectivity index is 2.82. The molecule has 2 rings (SSSR count). The fraction of sp³-hybridized carbons (Fsp3) is 0.308. The smallest absolute Gasteiger partial charge is 0.307 e. The lowest BCUT2D eigenvalue weighted by Crippen LogP contribution is -2.01. The van der Waals surface area contributed by atoms with Gasteiger partial charge in [0.25, 0.3) is 0 Å². The van der Waals surface area contributed by atoms with E-state index in [1.807, 2.05) is 13.8 Å². The second-order valence-corrected chi connectivity index (χ2v) is 5.01. The summed E-state index contributed by atoms with van der Waals surface area (Å²) in [6.07, 6.45) is 0.691. The fourth-order valence-electron chi connectivity index (χ4n) is 2.29. The number of H-pyrrole nitrogens is 1. The van der Waals surface area contributed by atoms with Crippen LogP contribution in [-0.4, -0.2) is 16.1 Å². The molecule has 1 heterocycles. The van der Waals surface area contributed by atoms with Crippen molar-refractivity contribution in [3.8, 4) is 0 Å². The highest BCUT2D eigenvalue weighted by Crippen LogP contribution is 2.36. The molecule has 0 aliphatic carbocycles. The topological polar surface area (TPSA) is 53.1 Å². The molecule has 2 aromatic rings. The number of fused-ring (bicyclic) bond motifs is 1. The van der Waals surface area contributed by atoms with Crippen LogP contribution in [0.2, 0.25) is 10.0 Å². The molecule has 0 amide bonds. The predicted molar refractivity (Wildman–Crippen MR) is 73.8 cm³/mol. The van der Waals surface area contributed by atoms with E-state index >= 15 is 0 Å². The SMILES string of the molecule is CCc1c(Cl)c(Cl)cc2[nH]c(C)c(CC(=O)O)c12. The van der Waals surface area contributed by atoms with Crippen molar-refractivity contribution >= 4 is 40.1 Å². The van der Waals surface area contributed by atoms with Gasteiger partial charge in [-0.1, -0.05) is 30.1 Å². The number of hydrogen-bond acceptors (Lipinski definition) is 1. The van der Waals surface area contributed by atoms with Crippen molar-refractivity contribution in [2.45, 2.75) is 26.7 Å². The van der Waals surface area contributed by atoms with Crippen molar-refractivity contribution in [1.82, 2.24) is 4.98 Å². The lowest BCUT2D eigenvalue weighted by Gasteiger charge is -2.07. The normalized spacial score (nSPS) is 11.1. The van der Waals surface area contributed by atoms with Gasteiger partial charge in [-0.3, -0.25) is 4.79 Å². The van der Waals surface area contributed by atoms with E-state index in [-0.39, 0.29) is 6.42 Å². The molecule has 96 valence electrons. The molecule has 0 saturated heterocycles. The first-order valence-corrected chi connectivity index (χ1v) is 6.41. The third-order valence-corrected chi connectivity index (χ3v) is 3.90. The Morgan fingerprint density at radius 1 is 1.39 bits per heavy atom. The quantitative estimate of drug-likeness (QED) is 0.896. The van der Waals surface area contributed by atoms with Gasteiger partial charge in [-0.2, -0.15) is 0 Å². The summed E-state index contributed by atoms with van der Waals surface area (Å²) in [7, 11) is 0. The Morgan fingerprint density at radius 3 is 2.61 bits per heavy atom. The number of hydrogen-bond donors (Lipinski definition) is 2. The number of halogens is 2. The van der Waals surface area contributed by atoms with Gasteiger partial charge in [-0.15, -0.1) is 0 Å². The van der Waals surface area contributed by atoms with Gasteiger partial charge < -0.3 is 10.1 Å². The molecular weight excluding hydrogens is 273 g/mol. The molecule has 2 N–H and O–H groups in total. The summed E-state index contributed by atoms with van der Waals surface area (Å²) >= 11 is 12.3. The fourth-order valence-corrected chi connectivity index (χ4v) is 2.80. The molecule has 0 unspecified atom stereocenters. The zero-order chi connectivity index (χ0) is 13.4. The van der Waals surface area contributed by atoms with E-state index in [2.05, 4.69) is 4.98 Å². The lowest BCUT2D eigenvalue weighted by atomic mass is 10.0. The van der Waals surface area contributed by atoms with E-state index in [0.717, 1.165) is 27.7 Å². The second kappa shape index (κ2) is 4.82. The van der Waals surface area contributed by atoms with Crippen molar-refractivity contribution < 1.29 is 9.90 Å². The third-order valence-electron chi connectivity index (χ3n) is 3.07. The highest BCUT2D eigenvalue weighted by Gasteiger charge is 2.18. The third kappa shape index (κ3) is 2.08. The Bertz CT molecular complexity index is 632. The molecule has 0 aliphatic heterocycles. The van der Waals surface area contributed by atoms with Crippen LogP contribution in [-0.2, 0) is 17.6 Å². The van der Waals surface area contributed by atoms with Crippen molar-refractivity contribution in [2.75, 3.05) is 0 Å². The van der Waals surface area contributed by atoms with Crippen LogP contribution < -0.4 is 0 Å². The van der Waals surface area contributed by atoms with E-state index in [0.29, 0.717) is 16.5 Å². The highest BCUT2D eigenvalue weighted by molar-refractivity contribution is 6.43. The molecule has 0 bridgehead atoms. The zero-order valence-corrected chi connectivity index (χ0v) is 11.6. The number of carboxylic acids is 1. The molecule has 0 spiro atoms. The molecular formula is C13H13Cl2NO2. The molecule has 0 saturated carbocycles. The average molecular weight is 286 g/mol. The van der Waals surface area contributed by atoms with E-state index in [4.69, 9.17) is 28.3 Å². The number of nitrogens with one attached hydrogen (secondary N) is 1. The van der Waals surface area contributed by atoms with Gasteiger partial charge in [0.1, 0.15) is 0 Å². The van der Waals surface area contributed by atoms with E-state index in [1.165, 1.54) is 0 Å². The van der Waals surface area contributed by atoms with E-state index in [1.54, 1.807) is 6.07 Å². The molecule has 1 aromatic heterocycles. The maximum Gasteiger partial charge on any atom is 0.307 e. The standard InChI is InChI=1S/C13H13Cl2NO2/c1-3-7-12-8(4-11(17)18)6(2)16-10(12)5-9(14)13(7)15/h5,16H,3-4H2,1-2H3,(H,17,18). The first-order valence-electron chi connectivity index (χ1n) is 5.65. The van der Waals surface area contributed by atoms with Gasteiger partial charge in [0.2, 0.25) is 0 Å². The predicted octanol–water partition coefficient (Wildman–Crippen LogP) is 3.97. The minimum Gasteiger partial charge on any atom is -0.481 e. The number of benzene rings is 1. The Morgan fingerprint density at radius 2 is 2.06 bits per heavy atom. The summed E-state index contributed by atoms with van der Waals surface area (Å²) in [5.41, 5.74) is 3.38. The summed E-state index contributed by atoms with van der Waals surface area (Å²) in [6, 6.07) is 1.75. The molecule has 0 aliphatic rings. The number of rotatable bonds is 3. The lowest BCUT2D eigenvalue weighted by molar-refractivity contribution is -0.136. The number of carboxylic acid groups (broad SMARTS) is 1. The minimum absolute atomic E-state index is 0.0171. The number of aromatic amines is 1. The summed E-state index contributed by atoms with van der Waals surface area (Å²) < 4.78 is 0. The zero-order valence-electron chi connectivity index (χ0n) is 10.1. The van der Waals surface area contributed by atoms with Gasteiger partial charge in [0.15, 0.2) is 0 Å². The van der Waals surface area contributed by atoms with Gasteiger partial charge >= 0.3 is 5.97 Å². The summed E-state index contributed by atoms with van der Waals surface area (Å²) in [5.74, 6) is -0.855. The molecule has 5 heteroatoms. The average Bonchev–Trinajstić information content (AvgIpc) is 2.57. The van der Waals surface area contributed by atoms with E-state index in [9.17, 15) is 4.79 Å². The molecule has 0 atom stereocenters. The molecule has 1 aromatic carbocycles. The number of carbonyl (C=O) groups is 1. The molecule has 18 heavy (non-hydrogen) atoms. The molecule has 0 radical (unpaired) electrons. The van der Waals surface area contributed by atoms with Crippen molar-refractivity contribution in [2.24, 2.45) is 0 Å². The van der Waals surface area contributed by atoms with Crippen molar-refractivity contribution in [3.63, 3.8) is 0 Å². The highest BCUT2D eigenvalue weighted by atomic mass is 35.5. The molecule has 3 nitrogen and oxygen atoms in total. The van der Waals surface area contributed by atoms with Crippen LogP contribution in [0.25, 0.3) is 10.9 Å². The van der Waals surface area contributed by atoms with Crippen LogP contribution in [0, 0.1) is 6.92 Å². The van der Waals surface area contributed by atoms with Crippen LogP contribution in [0.15, 0.2) is 6.07 Å². The van der Waals surface area contributed by atoms with Crippen LogP contribution in [0.4, 0.5) is 0 Å². The minimum atomic E-state index is -0.855. The van der Waals surface area contributed by atoms with Gasteiger partial charge in [-0.05, 0) is 30.5 Å². The maximum atomic E-state index is 10.9. The summed E-state index contributed by atoms with van der Waals surface area (Å²) in [4.78, 5) is 14.1. The second-order valence-electron chi connectivity index (χ2n) is 4.23. The monoisotopic (exact) mass is 285 g/mol. The van der Waals surface area contributed by atoms with E-state index < -0.39 is 5.97 Å². The Labute approximate surface area is 115 Å². The summed E-state index contributed by atoms with van der Waals surface area (Å²) in [5, 5.41) is 10.9. The Hall–Kier alpha value is -1.19. The first-order chi connectivity index (χ1) is 8.45. The molecule has 0 fully saturated rings. The van der Waals surface area contributed by atoms with Crippen LogP contribution in [0.3, 0.4) is 0 Å².